The molecule has 0 unspecified atom stereocenters. The Morgan fingerprint density at radius 3 is 1.00 bits per heavy atom. The van der Waals surface area contributed by atoms with Crippen molar-refractivity contribution < 1.29 is 0 Å². The van der Waals surface area contributed by atoms with Crippen molar-refractivity contribution in [2.75, 3.05) is 29.4 Å². The fourth-order valence-electron chi connectivity index (χ4n) is 24.0. The summed E-state index contributed by atoms with van der Waals surface area (Å²) in [6, 6.07) is 162. The zero-order valence-electron chi connectivity index (χ0n) is 68.3. The third kappa shape index (κ3) is 9.13. The molecule has 580 valence electrons. The van der Waals surface area contributed by atoms with Gasteiger partial charge < -0.3 is 38.4 Å². The maximum absolute atomic E-state index is 2.74. The summed E-state index contributed by atoms with van der Waals surface area (Å²) in [6.07, 6.45) is 0. The zero-order valence-corrected chi connectivity index (χ0v) is 68.3. The molecule has 0 N–H and O–H groups in total. The number of aromatic nitrogens is 2. The molecule has 0 spiro atoms. The van der Waals surface area contributed by atoms with Crippen LogP contribution in [0, 0.1) is 0 Å². The van der Waals surface area contributed by atoms with E-state index in [9.17, 15) is 0 Å². The lowest BCUT2D eigenvalue weighted by Crippen LogP contribution is -2.61. The van der Waals surface area contributed by atoms with Gasteiger partial charge in [0.05, 0.1) is 39.0 Å². The summed E-state index contributed by atoms with van der Waals surface area (Å²) in [7, 11) is 0. The number of rotatable bonds is 8. The van der Waals surface area contributed by atoms with E-state index in [4.69, 9.17) is 0 Å². The first kappa shape index (κ1) is 68.4. The second-order valence-electron chi connectivity index (χ2n) is 34.8. The Kier molecular flexibility index (Phi) is 14.0. The Bertz CT molecular complexity index is 8330. The minimum atomic E-state index is -0.225. The first-order valence-corrected chi connectivity index (χ1v) is 44.0. The minimum absolute atomic E-state index is 0.0356. The molecule has 6 aliphatic heterocycles. The number of fused-ring (bicyclic) bond motifs is 25. The lowest BCUT2D eigenvalue weighted by molar-refractivity contribution is 1.01. The minimum Gasteiger partial charge on any atom is -0.311 e. The fourth-order valence-corrected chi connectivity index (χ4v) is 24.0. The summed E-state index contributed by atoms with van der Waals surface area (Å²) in [5, 5.41) is 7.29. The molecule has 0 saturated carbocycles. The van der Waals surface area contributed by atoms with E-state index in [0.717, 1.165) is 90.3 Å². The summed E-state index contributed by atoms with van der Waals surface area (Å²) < 4.78 is 5.26. The Hall–Kier alpha value is -16.2. The van der Waals surface area contributed by atoms with Crippen LogP contribution in [0.4, 0.5) is 102 Å². The third-order valence-corrected chi connectivity index (χ3v) is 28.7. The SMILES string of the molecule is c1ccc(N2c3ccccc3B3c4cc5c6cc7c(c8c9cc%10c(cc9n(c5cc4N(c4ccccc4)c4cc(C5c9ccccc9-c9ccccc95)cc2c43)c68)N(c2ccccc2)c2cc(-n3c4ccccc4c4ccccc43)cc3c2B%10c2ccccc2N3c2ccccc2)N(c2ccccc2)c2cccc3c2B7c2ccccc2N3c2ccccc2)cc1. The predicted octanol–water partition coefficient (Wildman–Crippen LogP) is 23.3. The summed E-state index contributed by atoms with van der Waals surface area (Å²) >= 11 is 0. The van der Waals surface area contributed by atoms with Crippen molar-refractivity contribution in [2.45, 2.75) is 5.92 Å². The summed E-state index contributed by atoms with van der Waals surface area (Å²) in [5.41, 5.74) is 45.4. The van der Waals surface area contributed by atoms with Crippen LogP contribution in [-0.2, 0) is 0 Å². The molecule has 1 aliphatic carbocycles. The van der Waals surface area contributed by atoms with Gasteiger partial charge in [0.1, 0.15) is 0 Å². The molecule has 3 aromatic heterocycles. The normalized spacial score (nSPS) is 14.0. The van der Waals surface area contributed by atoms with Crippen LogP contribution < -0.4 is 78.6 Å². The zero-order chi connectivity index (χ0) is 81.8. The molecule has 0 saturated heterocycles. The van der Waals surface area contributed by atoms with Gasteiger partial charge in [0.2, 0.25) is 0 Å². The maximum atomic E-state index is 2.74. The summed E-state index contributed by atoms with van der Waals surface area (Å²) in [6.45, 7) is -0.603. The average molecular weight is 1600 g/mol. The molecule has 11 heteroatoms. The van der Waals surface area contributed by atoms with E-state index >= 15 is 0 Å². The van der Waals surface area contributed by atoms with E-state index < -0.39 is 0 Å². The first-order valence-electron chi connectivity index (χ1n) is 44.0. The summed E-state index contributed by atoms with van der Waals surface area (Å²) in [5.74, 6) is -0.0356. The van der Waals surface area contributed by atoms with E-state index in [-0.39, 0.29) is 26.1 Å². The van der Waals surface area contributed by atoms with Gasteiger partial charge in [0.15, 0.2) is 0 Å². The molecular weight excluding hydrogens is 1530 g/mol. The van der Waals surface area contributed by atoms with Crippen molar-refractivity contribution in [3.05, 3.63) is 441 Å². The van der Waals surface area contributed by atoms with Gasteiger partial charge in [-0.15, -0.1) is 0 Å². The van der Waals surface area contributed by atoms with Gasteiger partial charge in [-0.3, -0.25) is 0 Å². The van der Waals surface area contributed by atoms with Gasteiger partial charge in [-0.25, -0.2) is 0 Å². The first-order chi connectivity index (χ1) is 62.6. The molecule has 8 nitrogen and oxygen atoms in total. The molecule has 19 aromatic carbocycles. The molecule has 0 radical (unpaired) electrons. The Morgan fingerprint density at radius 1 is 0.198 bits per heavy atom. The fraction of sp³-hybridized carbons (Fsp3) is 0.00870. The van der Waals surface area contributed by atoms with Crippen LogP contribution >= 0.6 is 0 Å². The molecule has 0 amide bonds. The highest BCUT2D eigenvalue weighted by atomic mass is 15.2. The number of nitrogens with zero attached hydrogens (tertiary/aromatic N) is 8. The molecule has 29 rings (SSSR count). The van der Waals surface area contributed by atoms with Gasteiger partial charge in [-0.2, -0.15) is 0 Å². The molecule has 7 aliphatic rings. The number of para-hydroxylation sites is 11. The third-order valence-electron chi connectivity index (χ3n) is 28.7. The van der Waals surface area contributed by atoms with Gasteiger partial charge in [-0.05, 0) is 229 Å². The van der Waals surface area contributed by atoms with E-state index in [1.807, 2.05) is 0 Å². The Morgan fingerprint density at radius 2 is 0.532 bits per heavy atom. The van der Waals surface area contributed by atoms with Crippen LogP contribution in [0.15, 0.2) is 425 Å². The molecule has 22 aromatic rings. The van der Waals surface area contributed by atoms with Gasteiger partial charge >= 0.3 is 0 Å². The van der Waals surface area contributed by atoms with Gasteiger partial charge in [-0.1, -0.05) is 273 Å². The molecule has 0 bridgehead atoms. The lowest BCUT2D eigenvalue weighted by Gasteiger charge is -2.45. The molecule has 0 atom stereocenters. The van der Waals surface area contributed by atoms with Crippen molar-refractivity contribution in [3.63, 3.8) is 0 Å². The topological polar surface area (TPSA) is 28.8 Å². The van der Waals surface area contributed by atoms with Crippen LogP contribution in [0.1, 0.15) is 22.6 Å². The average Bonchev–Trinajstić information content (AvgIpc) is 1.47. The van der Waals surface area contributed by atoms with E-state index in [0.29, 0.717) is 0 Å². The van der Waals surface area contributed by atoms with Crippen molar-refractivity contribution >= 4 is 232 Å². The number of benzene rings is 19. The van der Waals surface area contributed by atoms with Crippen molar-refractivity contribution in [2.24, 2.45) is 0 Å². The Balaban J connectivity index is 0.779. The van der Waals surface area contributed by atoms with E-state index in [1.165, 1.54) is 155 Å². The number of hydrogen-bond acceptors (Lipinski definition) is 6. The second kappa shape index (κ2) is 25.7. The van der Waals surface area contributed by atoms with Crippen molar-refractivity contribution in [1.29, 1.82) is 0 Å². The lowest BCUT2D eigenvalue weighted by atomic mass is 9.33. The molecule has 126 heavy (non-hydrogen) atoms. The second-order valence-corrected chi connectivity index (χ2v) is 34.8. The highest BCUT2D eigenvalue weighted by molar-refractivity contribution is 7.02. The van der Waals surface area contributed by atoms with E-state index in [2.05, 4.69) is 463 Å². The highest BCUT2D eigenvalue weighted by Gasteiger charge is 2.50. The van der Waals surface area contributed by atoms with Gasteiger partial charge in [0, 0.05) is 135 Å². The molecule has 9 heterocycles. The summed E-state index contributed by atoms with van der Waals surface area (Å²) in [4.78, 5) is 15.6. The van der Waals surface area contributed by atoms with Crippen molar-refractivity contribution in [3.8, 4) is 16.8 Å². The van der Waals surface area contributed by atoms with Crippen molar-refractivity contribution in [1.82, 2.24) is 8.97 Å². The van der Waals surface area contributed by atoms with Crippen LogP contribution in [0.5, 0.6) is 0 Å². The highest BCUT2D eigenvalue weighted by Crippen LogP contribution is 2.57. The largest absolute Gasteiger partial charge is 0.311 e. The Labute approximate surface area is 729 Å². The molecular formula is C115H71B3N8. The quantitative estimate of drug-likeness (QED) is 0.141. The molecule has 0 fully saturated rings. The van der Waals surface area contributed by atoms with Gasteiger partial charge in [0.25, 0.3) is 20.1 Å². The predicted molar refractivity (Wildman–Crippen MR) is 530 cm³/mol. The number of hydrogen-bond donors (Lipinski definition) is 0. The van der Waals surface area contributed by atoms with Crippen LogP contribution in [-0.4, -0.2) is 29.1 Å². The maximum Gasteiger partial charge on any atom is 0.252 e. The standard InChI is InChI=1S/C115H71B3N8/c1-7-34-72(35-8-1)119-96-57-30-27-54-90(96)118-93-67-86-85-66-91-103(122(75-40-13-4-14-41-75)106-63-71(109-83-50-21-19-46-79(83)80-47-20-22-51-84(80)109)62-105-112(106)116(91)88-52-25-31-58-97(88)120(105)73-36-9-2-10-37-73)69-101(85)126-102-70-104-92(68-87(102)110(114(86)126)115(93)125(77-44-17-6-18-45-77)100-61-33-60-99(119)111(100)118)117-89-53-26-32-59-98(89)121(74-38-11-3-12-39-74)107-64-78(65-108(113(107)117)123(104)76-42-15-5-16-43-76)124-94-55-28-23-48-81(94)82-49-24-29-56-95(82)124/h1-70,109H. The monoisotopic (exact) mass is 1600 g/mol. The van der Waals surface area contributed by atoms with Crippen LogP contribution in [0.2, 0.25) is 0 Å². The van der Waals surface area contributed by atoms with Crippen LogP contribution in [0.3, 0.4) is 0 Å². The van der Waals surface area contributed by atoms with Crippen LogP contribution in [0.25, 0.3) is 76.7 Å². The smallest absolute Gasteiger partial charge is 0.252 e. The number of anilines is 18. The van der Waals surface area contributed by atoms with E-state index in [1.54, 1.807) is 0 Å².